The lowest BCUT2D eigenvalue weighted by molar-refractivity contribution is -0.113. The van der Waals surface area contributed by atoms with Crippen molar-refractivity contribution in [1.29, 1.82) is 0 Å². The third kappa shape index (κ3) is 5.96. The maximum Gasteiger partial charge on any atom is 0.264 e. The first-order valence-electron chi connectivity index (χ1n) is 8.36. The zero-order valence-corrected chi connectivity index (χ0v) is 18.4. The Bertz CT molecular complexity index is 1040. The number of aromatic nitrogens is 3. The molecule has 0 saturated heterocycles. The molecule has 0 aliphatic heterocycles. The van der Waals surface area contributed by atoms with Crippen LogP contribution in [0, 0.1) is 6.92 Å². The van der Waals surface area contributed by atoms with Gasteiger partial charge in [0.15, 0.2) is 0 Å². The van der Waals surface area contributed by atoms with E-state index in [1.54, 1.807) is 18.3 Å². The number of nitrogens with zero attached hydrogens (tertiary/aromatic N) is 4. The highest BCUT2D eigenvalue weighted by Crippen LogP contribution is 2.21. The number of thioether (sulfide) groups is 1. The fourth-order valence-electron chi connectivity index (χ4n) is 2.21. The van der Waals surface area contributed by atoms with Crippen LogP contribution in [0.3, 0.4) is 0 Å². The van der Waals surface area contributed by atoms with Gasteiger partial charge in [-0.15, -0.1) is 10.2 Å². The smallest absolute Gasteiger partial charge is 0.264 e. The van der Waals surface area contributed by atoms with Crippen molar-refractivity contribution in [2.45, 2.75) is 12.1 Å². The van der Waals surface area contributed by atoms with Crippen molar-refractivity contribution in [3.63, 3.8) is 0 Å². The molecule has 0 bridgehead atoms. The summed E-state index contributed by atoms with van der Waals surface area (Å²) in [6, 6.07) is 13.0. The second-order valence-corrected chi connectivity index (χ2v) is 8.19. The van der Waals surface area contributed by atoms with Gasteiger partial charge in [0, 0.05) is 15.2 Å². The first-order valence-corrected chi connectivity index (χ1v) is 10.5. The quantitative estimate of drug-likeness (QED) is 0.199. The predicted molar refractivity (Wildman–Crippen MR) is 121 cm³/mol. The molecular weight excluding hydrogens is 478 g/mol. The number of nitrogens with two attached hydrogens (primary N) is 1. The molecule has 8 nitrogen and oxygen atoms in total. The molecule has 0 aliphatic carbocycles. The van der Waals surface area contributed by atoms with Gasteiger partial charge in [-0.05, 0) is 42.3 Å². The molecule has 1 amide bonds. The average Bonchev–Trinajstić information content (AvgIpc) is 3.04. The lowest BCUT2D eigenvalue weighted by Crippen LogP contribution is -2.17. The first kappa shape index (κ1) is 21.2. The minimum absolute atomic E-state index is 0.115. The van der Waals surface area contributed by atoms with E-state index in [1.165, 1.54) is 4.68 Å². The Kier molecular flexibility index (Phi) is 7.13. The lowest BCUT2D eigenvalue weighted by atomic mass is 10.2. The molecule has 1 aromatic heterocycles. The van der Waals surface area contributed by atoms with Crippen molar-refractivity contribution in [2.24, 2.45) is 5.10 Å². The molecule has 1 heterocycles. The van der Waals surface area contributed by atoms with Crippen molar-refractivity contribution in [3.8, 4) is 0 Å². The Balaban J connectivity index is 1.54. The van der Waals surface area contributed by atoms with Gasteiger partial charge in [0.05, 0.1) is 12.0 Å². The largest absolute Gasteiger partial charge is 0.334 e. The van der Waals surface area contributed by atoms with Crippen LogP contribution in [-0.4, -0.2) is 32.7 Å². The summed E-state index contributed by atoms with van der Waals surface area (Å²) in [6.07, 6.45) is 1.63. The maximum absolute atomic E-state index is 12.2. The summed E-state index contributed by atoms with van der Waals surface area (Å²) in [5, 5.41) is 15.7. The standard InChI is InChI=1S/C18H17BrClN7OS/c1-11-2-7-14(20)8-15(11)23-16(28)10-29-18-26-25-17(27(18)21)24-22-9-12-3-5-13(19)6-4-12/h2-9H,10,21H2,1H3,(H,23,28)(H,24,25)/b22-9+. The number of amides is 1. The van der Waals surface area contributed by atoms with E-state index in [4.69, 9.17) is 17.4 Å². The SMILES string of the molecule is Cc1ccc(Cl)cc1NC(=O)CSc1nnc(N/N=C/c2ccc(Br)cc2)n1N. The van der Waals surface area contributed by atoms with Gasteiger partial charge < -0.3 is 11.2 Å². The van der Waals surface area contributed by atoms with Crippen LogP contribution in [0.25, 0.3) is 0 Å². The second-order valence-electron chi connectivity index (χ2n) is 5.89. The van der Waals surface area contributed by atoms with E-state index in [1.807, 2.05) is 37.3 Å². The van der Waals surface area contributed by atoms with Gasteiger partial charge in [0.25, 0.3) is 5.95 Å². The van der Waals surface area contributed by atoms with Crippen molar-refractivity contribution in [1.82, 2.24) is 14.9 Å². The van der Waals surface area contributed by atoms with E-state index in [0.29, 0.717) is 15.9 Å². The molecule has 2 aromatic carbocycles. The number of carbonyl (C=O) groups excluding carboxylic acids is 1. The Morgan fingerprint density at radius 3 is 2.83 bits per heavy atom. The lowest BCUT2D eigenvalue weighted by Gasteiger charge is -2.08. The molecule has 0 fully saturated rings. The minimum atomic E-state index is -0.203. The summed E-state index contributed by atoms with van der Waals surface area (Å²) < 4.78 is 2.22. The Hall–Kier alpha value is -2.56. The fraction of sp³-hybridized carbons (Fsp3) is 0.111. The highest BCUT2D eigenvalue weighted by atomic mass is 79.9. The van der Waals surface area contributed by atoms with Crippen LogP contribution in [0.5, 0.6) is 0 Å². The van der Waals surface area contributed by atoms with Gasteiger partial charge in [-0.1, -0.05) is 57.5 Å². The van der Waals surface area contributed by atoms with Crippen LogP contribution in [0.4, 0.5) is 11.6 Å². The van der Waals surface area contributed by atoms with Gasteiger partial charge in [-0.3, -0.25) is 4.79 Å². The molecule has 0 atom stereocenters. The van der Waals surface area contributed by atoms with E-state index in [0.717, 1.165) is 27.4 Å². The number of nitrogens with one attached hydrogen (secondary N) is 2. The van der Waals surface area contributed by atoms with E-state index < -0.39 is 0 Å². The number of anilines is 2. The molecule has 0 spiro atoms. The summed E-state index contributed by atoms with van der Waals surface area (Å²) >= 11 is 10.5. The van der Waals surface area contributed by atoms with Crippen LogP contribution in [0.2, 0.25) is 5.02 Å². The van der Waals surface area contributed by atoms with Crippen LogP contribution in [0.1, 0.15) is 11.1 Å². The van der Waals surface area contributed by atoms with Crippen molar-refractivity contribution in [3.05, 3.63) is 63.1 Å². The Labute approximate surface area is 185 Å². The number of nitrogen functional groups attached to an aromatic ring is 1. The molecule has 11 heteroatoms. The van der Waals surface area contributed by atoms with Crippen molar-refractivity contribution in [2.75, 3.05) is 22.3 Å². The van der Waals surface area contributed by atoms with Gasteiger partial charge in [-0.2, -0.15) is 5.10 Å². The summed E-state index contributed by atoms with van der Waals surface area (Å²) in [4.78, 5) is 12.2. The van der Waals surface area contributed by atoms with Gasteiger partial charge in [-0.25, -0.2) is 10.1 Å². The number of aryl methyl sites for hydroxylation is 1. The Morgan fingerprint density at radius 2 is 2.07 bits per heavy atom. The summed E-state index contributed by atoms with van der Waals surface area (Å²) in [5.74, 6) is 6.13. The Morgan fingerprint density at radius 1 is 1.31 bits per heavy atom. The molecule has 4 N–H and O–H groups in total. The molecule has 0 saturated carbocycles. The molecule has 29 heavy (non-hydrogen) atoms. The van der Waals surface area contributed by atoms with E-state index >= 15 is 0 Å². The van der Waals surface area contributed by atoms with Crippen LogP contribution >= 0.6 is 39.3 Å². The predicted octanol–water partition coefficient (Wildman–Crippen LogP) is 3.89. The van der Waals surface area contributed by atoms with Crippen LogP contribution in [-0.2, 0) is 4.79 Å². The number of hydrazone groups is 1. The number of benzene rings is 2. The number of hydrogen-bond donors (Lipinski definition) is 3. The van der Waals surface area contributed by atoms with Crippen molar-refractivity contribution < 1.29 is 4.79 Å². The zero-order chi connectivity index (χ0) is 20.8. The second kappa shape index (κ2) is 9.77. The molecule has 3 aromatic rings. The van der Waals surface area contributed by atoms with Gasteiger partial charge in [0.2, 0.25) is 11.1 Å². The first-order chi connectivity index (χ1) is 13.9. The third-order valence-electron chi connectivity index (χ3n) is 3.72. The minimum Gasteiger partial charge on any atom is -0.334 e. The number of carbonyl (C=O) groups is 1. The topological polar surface area (TPSA) is 110 Å². The molecule has 0 aliphatic rings. The highest BCUT2D eigenvalue weighted by Gasteiger charge is 2.12. The fourth-order valence-corrected chi connectivity index (χ4v) is 3.30. The summed E-state index contributed by atoms with van der Waals surface area (Å²) in [5.41, 5.74) is 5.23. The molecule has 3 rings (SSSR count). The van der Waals surface area contributed by atoms with E-state index in [2.05, 4.69) is 42.0 Å². The third-order valence-corrected chi connectivity index (χ3v) is 5.43. The highest BCUT2D eigenvalue weighted by molar-refractivity contribution is 9.10. The number of rotatable bonds is 7. The number of halogens is 2. The molecular formula is C18H17BrClN7OS. The monoisotopic (exact) mass is 493 g/mol. The van der Waals surface area contributed by atoms with E-state index in [-0.39, 0.29) is 17.6 Å². The van der Waals surface area contributed by atoms with Gasteiger partial charge in [0.1, 0.15) is 0 Å². The maximum atomic E-state index is 12.2. The number of hydrogen-bond acceptors (Lipinski definition) is 7. The summed E-state index contributed by atoms with van der Waals surface area (Å²) in [7, 11) is 0. The normalized spacial score (nSPS) is 11.0. The van der Waals surface area contributed by atoms with Gasteiger partial charge >= 0.3 is 0 Å². The van der Waals surface area contributed by atoms with E-state index in [9.17, 15) is 4.79 Å². The summed E-state index contributed by atoms with van der Waals surface area (Å²) in [6.45, 7) is 1.89. The molecule has 150 valence electrons. The van der Waals surface area contributed by atoms with Crippen molar-refractivity contribution >= 4 is 63.1 Å². The van der Waals surface area contributed by atoms with Crippen LogP contribution < -0.4 is 16.6 Å². The average molecular weight is 495 g/mol. The molecule has 0 unspecified atom stereocenters. The van der Waals surface area contributed by atoms with Crippen LogP contribution in [0.15, 0.2) is 57.2 Å². The molecule has 0 radical (unpaired) electrons. The zero-order valence-electron chi connectivity index (χ0n) is 15.3.